The summed E-state index contributed by atoms with van der Waals surface area (Å²) in [6, 6.07) is 15.6. The van der Waals surface area contributed by atoms with Crippen molar-refractivity contribution in [2.24, 2.45) is 4.99 Å². The van der Waals surface area contributed by atoms with Gasteiger partial charge in [-0.3, -0.25) is 9.89 Å². The van der Waals surface area contributed by atoms with Crippen molar-refractivity contribution in [1.82, 2.24) is 4.90 Å². The van der Waals surface area contributed by atoms with Crippen molar-refractivity contribution in [3.8, 4) is 0 Å². The molecule has 0 spiro atoms. The van der Waals surface area contributed by atoms with Gasteiger partial charge in [0.15, 0.2) is 0 Å². The van der Waals surface area contributed by atoms with E-state index in [1.54, 1.807) is 0 Å². The van der Waals surface area contributed by atoms with Crippen molar-refractivity contribution in [3.63, 3.8) is 0 Å². The largest absolute Gasteiger partial charge is 0.316 e. The van der Waals surface area contributed by atoms with Crippen LogP contribution in [0.5, 0.6) is 0 Å². The molecule has 3 nitrogen and oxygen atoms in total. The van der Waals surface area contributed by atoms with Crippen LogP contribution in [0.15, 0.2) is 69.1 Å². The van der Waals surface area contributed by atoms with E-state index in [9.17, 15) is 0 Å². The van der Waals surface area contributed by atoms with Crippen molar-refractivity contribution in [3.05, 3.63) is 59.9 Å². The third kappa shape index (κ3) is 2.78. The van der Waals surface area contributed by atoms with Crippen LogP contribution in [0.3, 0.4) is 0 Å². The molecule has 138 valence electrons. The minimum Gasteiger partial charge on any atom is -0.316 e. The lowest BCUT2D eigenvalue weighted by molar-refractivity contribution is 0.541. The predicted octanol–water partition coefficient (Wildman–Crippen LogP) is 6.15. The van der Waals surface area contributed by atoms with E-state index in [0.717, 1.165) is 25.9 Å². The Hall–Kier alpha value is -2.20. The molecule has 0 atom stereocenters. The molecule has 0 unspecified atom stereocenters. The highest BCUT2D eigenvalue weighted by Crippen LogP contribution is 2.52. The highest BCUT2D eigenvalue weighted by molar-refractivity contribution is 7.99. The summed E-state index contributed by atoms with van der Waals surface area (Å²) >= 11 is 1.92. The molecule has 0 radical (unpaired) electrons. The zero-order valence-electron chi connectivity index (χ0n) is 16.0. The maximum atomic E-state index is 4.79. The number of anilines is 2. The van der Waals surface area contributed by atoms with Gasteiger partial charge in [0.1, 0.15) is 11.7 Å². The van der Waals surface area contributed by atoms with Crippen LogP contribution in [-0.2, 0) is 0 Å². The average molecular weight is 376 g/mol. The van der Waals surface area contributed by atoms with Gasteiger partial charge in [0.25, 0.3) is 0 Å². The van der Waals surface area contributed by atoms with Gasteiger partial charge in [-0.15, -0.1) is 0 Å². The summed E-state index contributed by atoms with van der Waals surface area (Å²) in [5.41, 5.74) is 4.02. The summed E-state index contributed by atoms with van der Waals surface area (Å²) in [5, 5.41) is 0. The molecule has 4 heteroatoms. The molecule has 0 amide bonds. The first-order chi connectivity index (χ1) is 13.2. The van der Waals surface area contributed by atoms with Crippen LogP contribution in [0.1, 0.15) is 44.6 Å². The minimum absolute atomic E-state index is 0.507. The van der Waals surface area contributed by atoms with E-state index in [1.807, 2.05) is 11.8 Å². The molecule has 0 aromatic heterocycles. The fourth-order valence-electron chi connectivity index (χ4n) is 4.26. The lowest BCUT2D eigenvalue weighted by Crippen LogP contribution is -2.35. The number of benzene rings is 2. The number of nitrogens with zero attached hydrogens (tertiary/aromatic N) is 3. The second-order valence-corrected chi connectivity index (χ2v) is 8.71. The van der Waals surface area contributed by atoms with Gasteiger partial charge in [0, 0.05) is 29.3 Å². The summed E-state index contributed by atoms with van der Waals surface area (Å²) < 4.78 is 0. The number of hydrogen-bond donors (Lipinski definition) is 0. The van der Waals surface area contributed by atoms with Crippen LogP contribution < -0.4 is 4.90 Å². The van der Waals surface area contributed by atoms with Crippen LogP contribution in [-0.4, -0.2) is 23.8 Å². The Morgan fingerprint density at radius 2 is 1.89 bits per heavy atom. The van der Waals surface area contributed by atoms with Gasteiger partial charge in [-0.2, -0.15) is 0 Å². The van der Waals surface area contributed by atoms with E-state index < -0.39 is 0 Å². The van der Waals surface area contributed by atoms with Crippen LogP contribution in [0.4, 0.5) is 11.4 Å². The minimum atomic E-state index is 0.507. The lowest BCUT2D eigenvalue weighted by Gasteiger charge is -2.38. The SMILES string of the molecule is CC(C)c1cccc2c1Sc1ccccc1N2C1=CCCN1C1=NCCC1. The van der Waals surface area contributed by atoms with Gasteiger partial charge in [0.05, 0.1) is 11.4 Å². The smallest absolute Gasteiger partial charge is 0.115 e. The molecule has 27 heavy (non-hydrogen) atoms. The van der Waals surface area contributed by atoms with E-state index >= 15 is 0 Å². The van der Waals surface area contributed by atoms with Crippen molar-refractivity contribution in [2.75, 3.05) is 18.0 Å². The summed E-state index contributed by atoms with van der Waals surface area (Å²) in [6.45, 7) is 6.59. The zero-order valence-corrected chi connectivity index (χ0v) is 16.8. The standard InChI is InChI=1S/C23H25N3S/c1-16(2)17-8-5-10-19-23(17)27-20-11-4-3-9-18(20)26(19)22-13-7-15-25(22)21-12-6-14-24-21/h3-5,8-11,13,16H,6-7,12,14-15H2,1-2H3. The fourth-order valence-corrected chi connectivity index (χ4v) is 5.58. The Morgan fingerprint density at radius 1 is 1.04 bits per heavy atom. The van der Waals surface area contributed by atoms with E-state index in [4.69, 9.17) is 4.99 Å². The second kappa shape index (κ2) is 6.75. The number of amidine groups is 1. The van der Waals surface area contributed by atoms with Crippen molar-refractivity contribution in [2.45, 2.75) is 48.8 Å². The van der Waals surface area contributed by atoms with Gasteiger partial charge in [-0.1, -0.05) is 49.9 Å². The van der Waals surface area contributed by atoms with Gasteiger partial charge in [-0.25, -0.2) is 0 Å². The molecular weight excluding hydrogens is 350 g/mol. The zero-order chi connectivity index (χ0) is 18.4. The van der Waals surface area contributed by atoms with Crippen molar-refractivity contribution in [1.29, 1.82) is 0 Å². The Morgan fingerprint density at radius 3 is 2.70 bits per heavy atom. The molecule has 0 fully saturated rings. The summed E-state index contributed by atoms with van der Waals surface area (Å²) in [6.07, 6.45) is 5.75. The number of aliphatic imine (C=N–C) groups is 1. The van der Waals surface area contributed by atoms with Gasteiger partial charge >= 0.3 is 0 Å². The van der Waals surface area contributed by atoms with Gasteiger partial charge < -0.3 is 4.90 Å². The molecule has 0 bridgehead atoms. The topological polar surface area (TPSA) is 18.8 Å². The number of para-hydroxylation sites is 1. The van der Waals surface area contributed by atoms with E-state index in [2.05, 4.69) is 72.2 Å². The first-order valence-electron chi connectivity index (χ1n) is 9.95. The average Bonchev–Trinajstić information content (AvgIpc) is 3.36. The Kier molecular flexibility index (Phi) is 4.24. The first kappa shape index (κ1) is 16.9. The molecule has 3 aliphatic heterocycles. The quantitative estimate of drug-likeness (QED) is 0.627. The van der Waals surface area contributed by atoms with Crippen LogP contribution in [0.2, 0.25) is 0 Å². The molecule has 0 saturated heterocycles. The van der Waals surface area contributed by atoms with Gasteiger partial charge in [0.2, 0.25) is 0 Å². The fraction of sp³-hybridized carbons (Fsp3) is 0.348. The maximum absolute atomic E-state index is 4.79. The monoisotopic (exact) mass is 375 g/mol. The molecule has 3 aliphatic rings. The Bertz CT molecular complexity index is 944. The molecule has 2 aromatic rings. The summed E-state index contributed by atoms with van der Waals surface area (Å²) in [5.74, 6) is 3.05. The van der Waals surface area contributed by atoms with Gasteiger partial charge in [-0.05, 0) is 48.6 Å². The van der Waals surface area contributed by atoms with Crippen molar-refractivity contribution < 1.29 is 0 Å². The third-order valence-corrected chi connectivity index (χ3v) is 6.77. The number of hydrogen-bond acceptors (Lipinski definition) is 4. The molecule has 3 heterocycles. The third-order valence-electron chi connectivity index (χ3n) is 5.56. The maximum Gasteiger partial charge on any atom is 0.115 e. The second-order valence-electron chi connectivity index (χ2n) is 7.66. The van der Waals surface area contributed by atoms with Crippen LogP contribution >= 0.6 is 11.8 Å². The lowest BCUT2D eigenvalue weighted by atomic mass is 10.0. The molecule has 2 aromatic carbocycles. The normalized spacial score (nSPS) is 18.5. The van der Waals surface area contributed by atoms with E-state index in [1.165, 1.54) is 44.8 Å². The molecular formula is C23H25N3S. The van der Waals surface area contributed by atoms with Crippen LogP contribution in [0.25, 0.3) is 0 Å². The Balaban J connectivity index is 1.67. The van der Waals surface area contributed by atoms with E-state index in [-0.39, 0.29) is 0 Å². The number of fused-ring (bicyclic) bond motifs is 2. The van der Waals surface area contributed by atoms with Crippen LogP contribution in [0, 0.1) is 0 Å². The first-order valence-corrected chi connectivity index (χ1v) is 10.8. The highest BCUT2D eigenvalue weighted by atomic mass is 32.2. The molecule has 0 aliphatic carbocycles. The highest BCUT2D eigenvalue weighted by Gasteiger charge is 2.33. The summed E-state index contributed by atoms with van der Waals surface area (Å²) in [7, 11) is 0. The summed E-state index contributed by atoms with van der Waals surface area (Å²) in [4.78, 5) is 12.4. The predicted molar refractivity (Wildman–Crippen MR) is 114 cm³/mol. The van der Waals surface area contributed by atoms with Crippen molar-refractivity contribution >= 4 is 29.0 Å². The Labute approximate surface area is 165 Å². The molecule has 5 rings (SSSR count). The number of rotatable bonds is 2. The molecule has 0 saturated carbocycles. The van der Waals surface area contributed by atoms with E-state index in [0.29, 0.717) is 5.92 Å². The molecule has 0 N–H and O–H groups in total.